The highest BCUT2D eigenvalue weighted by molar-refractivity contribution is 5.79. The lowest BCUT2D eigenvalue weighted by Gasteiger charge is -2.38. The SMILES string of the molecule is CC(C)NC(CCN1CCCC2CCCC21)C(N)=O. The van der Waals surface area contributed by atoms with E-state index in [4.69, 9.17) is 5.73 Å². The molecule has 2 aliphatic rings. The molecule has 2 fully saturated rings. The summed E-state index contributed by atoms with van der Waals surface area (Å²) in [5.41, 5.74) is 5.49. The summed E-state index contributed by atoms with van der Waals surface area (Å²) < 4.78 is 0. The zero-order valence-electron chi connectivity index (χ0n) is 12.4. The molecule has 4 heteroatoms. The number of carbonyl (C=O) groups excluding carboxylic acids is 1. The molecule has 19 heavy (non-hydrogen) atoms. The Kier molecular flexibility index (Phi) is 5.22. The van der Waals surface area contributed by atoms with Crippen molar-refractivity contribution in [3.63, 3.8) is 0 Å². The minimum absolute atomic E-state index is 0.179. The van der Waals surface area contributed by atoms with Gasteiger partial charge in [0.15, 0.2) is 0 Å². The quantitative estimate of drug-likeness (QED) is 0.766. The fourth-order valence-electron chi connectivity index (χ4n) is 3.84. The third-order valence-corrected chi connectivity index (χ3v) is 4.69. The minimum Gasteiger partial charge on any atom is -0.368 e. The highest BCUT2D eigenvalue weighted by Crippen LogP contribution is 2.36. The molecule has 3 unspecified atom stereocenters. The molecule has 0 aromatic heterocycles. The molecule has 1 aliphatic heterocycles. The van der Waals surface area contributed by atoms with E-state index in [0.717, 1.165) is 24.9 Å². The fraction of sp³-hybridized carbons (Fsp3) is 0.933. The Balaban J connectivity index is 1.84. The Hall–Kier alpha value is -0.610. The Morgan fingerprint density at radius 2 is 2.05 bits per heavy atom. The predicted octanol–water partition coefficient (Wildman–Crippen LogP) is 1.49. The van der Waals surface area contributed by atoms with Gasteiger partial charge in [-0.2, -0.15) is 0 Å². The lowest BCUT2D eigenvalue weighted by molar-refractivity contribution is -0.120. The van der Waals surface area contributed by atoms with Gasteiger partial charge in [0.2, 0.25) is 5.91 Å². The molecule has 1 aliphatic carbocycles. The average Bonchev–Trinajstić information content (AvgIpc) is 2.82. The Labute approximate surface area is 117 Å². The molecule has 1 saturated heterocycles. The van der Waals surface area contributed by atoms with Gasteiger partial charge in [-0.05, 0) is 44.6 Å². The number of carbonyl (C=O) groups is 1. The van der Waals surface area contributed by atoms with Gasteiger partial charge in [0.1, 0.15) is 0 Å². The van der Waals surface area contributed by atoms with Crippen LogP contribution < -0.4 is 11.1 Å². The number of piperidine rings is 1. The van der Waals surface area contributed by atoms with Crippen LogP contribution in [-0.4, -0.2) is 42.0 Å². The van der Waals surface area contributed by atoms with E-state index >= 15 is 0 Å². The standard InChI is InChI=1S/C15H29N3O/c1-11(2)17-13(15(16)19)8-10-18-9-4-6-12-5-3-7-14(12)18/h11-14,17H,3-10H2,1-2H3,(H2,16,19). The molecule has 110 valence electrons. The van der Waals surface area contributed by atoms with E-state index < -0.39 is 0 Å². The van der Waals surface area contributed by atoms with Crippen LogP contribution in [0.3, 0.4) is 0 Å². The lowest BCUT2D eigenvalue weighted by atomic mass is 9.91. The number of likely N-dealkylation sites (tertiary alicyclic amines) is 1. The van der Waals surface area contributed by atoms with Gasteiger partial charge in [0.25, 0.3) is 0 Å². The lowest BCUT2D eigenvalue weighted by Crippen LogP contribution is -2.49. The van der Waals surface area contributed by atoms with Crippen molar-refractivity contribution in [3.8, 4) is 0 Å². The molecule has 0 bridgehead atoms. The largest absolute Gasteiger partial charge is 0.368 e. The smallest absolute Gasteiger partial charge is 0.234 e. The van der Waals surface area contributed by atoms with E-state index in [2.05, 4.69) is 24.1 Å². The van der Waals surface area contributed by atoms with Crippen LogP contribution in [0.5, 0.6) is 0 Å². The van der Waals surface area contributed by atoms with Crippen LogP contribution in [0.4, 0.5) is 0 Å². The van der Waals surface area contributed by atoms with Crippen LogP contribution in [0.25, 0.3) is 0 Å². The van der Waals surface area contributed by atoms with Crippen molar-refractivity contribution >= 4 is 5.91 Å². The van der Waals surface area contributed by atoms with Gasteiger partial charge in [0, 0.05) is 18.6 Å². The molecule has 3 atom stereocenters. The molecule has 2 rings (SSSR count). The maximum Gasteiger partial charge on any atom is 0.234 e. The first-order chi connectivity index (χ1) is 9.08. The molecule has 3 N–H and O–H groups in total. The van der Waals surface area contributed by atoms with Gasteiger partial charge in [-0.25, -0.2) is 0 Å². The maximum absolute atomic E-state index is 11.5. The maximum atomic E-state index is 11.5. The molecular weight excluding hydrogens is 238 g/mol. The number of fused-ring (bicyclic) bond motifs is 1. The summed E-state index contributed by atoms with van der Waals surface area (Å²) in [4.78, 5) is 14.1. The average molecular weight is 267 g/mol. The number of nitrogens with one attached hydrogen (secondary N) is 1. The third kappa shape index (κ3) is 3.93. The van der Waals surface area contributed by atoms with Crippen LogP contribution >= 0.6 is 0 Å². The Morgan fingerprint density at radius 1 is 1.32 bits per heavy atom. The summed E-state index contributed by atoms with van der Waals surface area (Å²) in [6.07, 6.45) is 7.71. The molecule has 1 saturated carbocycles. The number of nitrogens with zero attached hydrogens (tertiary/aromatic N) is 1. The Bertz CT molecular complexity index is 306. The van der Waals surface area contributed by atoms with E-state index in [0.29, 0.717) is 6.04 Å². The first kappa shape index (κ1) is 14.8. The van der Waals surface area contributed by atoms with Crippen LogP contribution in [0.15, 0.2) is 0 Å². The number of primary amides is 1. The highest BCUT2D eigenvalue weighted by atomic mass is 16.1. The zero-order chi connectivity index (χ0) is 13.8. The molecule has 0 aromatic rings. The van der Waals surface area contributed by atoms with Crippen molar-refractivity contribution < 1.29 is 4.79 Å². The van der Waals surface area contributed by atoms with Gasteiger partial charge < -0.3 is 16.0 Å². The number of rotatable bonds is 6. The van der Waals surface area contributed by atoms with Crippen molar-refractivity contribution in [2.75, 3.05) is 13.1 Å². The first-order valence-electron chi connectivity index (χ1n) is 7.87. The van der Waals surface area contributed by atoms with E-state index in [-0.39, 0.29) is 11.9 Å². The second kappa shape index (κ2) is 6.71. The topological polar surface area (TPSA) is 58.4 Å². The number of hydrogen-bond acceptors (Lipinski definition) is 3. The van der Waals surface area contributed by atoms with Crippen molar-refractivity contribution in [2.45, 2.75) is 70.5 Å². The minimum atomic E-state index is -0.214. The van der Waals surface area contributed by atoms with Crippen molar-refractivity contribution in [2.24, 2.45) is 11.7 Å². The number of amides is 1. The molecule has 4 nitrogen and oxygen atoms in total. The molecular formula is C15H29N3O. The number of nitrogens with two attached hydrogens (primary N) is 1. The van der Waals surface area contributed by atoms with Gasteiger partial charge >= 0.3 is 0 Å². The monoisotopic (exact) mass is 267 g/mol. The summed E-state index contributed by atoms with van der Waals surface area (Å²) in [5, 5.41) is 3.28. The zero-order valence-corrected chi connectivity index (χ0v) is 12.4. The van der Waals surface area contributed by atoms with E-state index in [1.54, 1.807) is 0 Å². The fourth-order valence-corrected chi connectivity index (χ4v) is 3.84. The summed E-state index contributed by atoms with van der Waals surface area (Å²) in [6.45, 7) is 6.33. The number of hydrogen-bond donors (Lipinski definition) is 2. The molecule has 0 radical (unpaired) electrons. The highest BCUT2D eigenvalue weighted by Gasteiger charge is 2.34. The van der Waals surface area contributed by atoms with Crippen molar-refractivity contribution in [1.29, 1.82) is 0 Å². The van der Waals surface area contributed by atoms with E-state index in [9.17, 15) is 4.79 Å². The summed E-state index contributed by atoms with van der Waals surface area (Å²) >= 11 is 0. The third-order valence-electron chi connectivity index (χ3n) is 4.69. The van der Waals surface area contributed by atoms with Gasteiger partial charge in [0.05, 0.1) is 6.04 Å². The summed E-state index contributed by atoms with van der Waals surface area (Å²) in [6, 6.07) is 0.904. The van der Waals surface area contributed by atoms with Crippen LogP contribution in [0.1, 0.15) is 52.4 Å². The van der Waals surface area contributed by atoms with Gasteiger partial charge in [-0.3, -0.25) is 4.79 Å². The van der Waals surface area contributed by atoms with Crippen LogP contribution in [-0.2, 0) is 4.79 Å². The van der Waals surface area contributed by atoms with Crippen molar-refractivity contribution in [1.82, 2.24) is 10.2 Å². The Morgan fingerprint density at radius 3 is 2.74 bits per heavy atom. The first-order valence-corrected chi connectivity index (χ1v) is 7.87. The van der Waals surface area contributed by atoms with Crippen LogP contribution in [0, 0.1) is 5.92 Å². The van der Waals surface area contributed by atoms with Crippen molar-refractivity contribution in [3.05, 3.63) is 0 Å². The van der Waals surface area contributed by atoms with Crippen LogP contribution in [0.2, 0.25) is 0 Å². The predicted molar refractivity (Wildman–Crippen MR) is 77.8 cm³/mol. The van der Waals surface area contributed by atoms with Gasteiger partial charge in [-0.15, -0.1) is 0 Å². The van der Waals surface area contributed by atoms with Gasteiger partial charge in [-0.1, -0.05) is 20.3 Å². The molecule has 1 heterocycles. The normalized spacial score (nSPS) is 29.4. The summed E-state index contributed by atoms with van der Waals surface area (Å²) in [5.74, 6) is 0.701. The molecule has 0 aromatic carbocycles. The second-order valence-corrected chi connectivity index (χ2v) is 6.50. The van der Waals surface area contributed by atoms with E-state index in [1.165, 1.54) is 38.6 Å². The molecule has 0 spiro atoms. The second-order valence-electron chi connectivity index (χ2n) is 6.50. The van der Waals surface area contributed by atoms with E-state index in [1.807, 2.05) is 0 Å². The summed E-state index contributed by atoms with van der Waals surface area (Å²) in [7, 11) is 0. The molecule has 1 amide bonds.